The highest BCUT2D eigenvalue weighted by atomic mass is 79.9. The normalized spacial score (nSPS) is 10.5. The maximum atomic E-state index is 5.80. The van der Waals surface area contributed by atoms with Gasteiger partial charge in [-0.25, -0.2) is 4.68 Å². The first-order chi connectivity index (χ1) is 7.15. The Balaban J connectivity index is 2.58. The van der Waals surface area contributed by atoms with Crippen LogP contribution in [0.2, 0.25) is 0 Å². The Morgan fingerprint density at radius 3 is 3.00 bits per heavy atom. The molecule has 0 amide bonds. The fourth-order valence-corrected chi connectivity index (χ4v) is 1.88. The van der Waals surface area contributed by atoms with E-state index in [1.165, 1.54) is 16.4 Å². The molecule has 0 aliphatic carbocycles. The number of nitrogen functional groups attached to an aromatic ring is 1. The molecule has 1 aromatic heterocycles. The largest absolute Gasteiger partial charge is 0.384 e. The van der Waals surface area contributed by atoms with Gasteiger partial charge in [-0.05, 0) is 4.48 Å². The second-order valence-corrected chi connectivity index (χ2v) is 4.88. The van der Waals surface area contributed by atoms with E-state index in [2.05, 4.69) is 32.7 Å². The van der Waals surface area contributed by atoms with Crippen LogP contribution in [0.15, 0.2) is 16.2 Å². The quantitative estimate of drug-likeness (QED) is 0.630. The summed E-state index contributed by atoms with van der Waals surface area (Å²) in [4.78, 5) is 0. The Labute approximate surface area is 101 Å². The van der Waals surface area contributed by atoms with Crippen LogP contribution in [0, 0.1) is 0 Å². The zero-order chi connectivity index (χ0) is 11.3. The number of nitrogens with zero attached hydrogens (tertiary/aromatic N) is 3. The first kappa shape index (κ1) is 12.5. The summed E-state index contributed by atoms with van der Waals surface area (Å²) in [5.74, 6) is 7.24. The van der Waals surface area contributed by atoms with Gasteiger partial charge in [-0.2, -0.15) is 0 Å². The van der Waals surface area contributed by atoms with Crippen molar-refractivity contribution in [1.82, 2.24) is 14.9 Å². The van der Waals surface area contributed by atoms with Crippen molar-refractivity contribution in [2.45, 2.75) is 11.6 Å². The molecule has 84 valence electrons. The van der Waals surface area contributed by atoms with E-state index < -0.39 is 0 Å². The minimum atomic E-state index is 0.588. The smallest absolute Gasteiger partial charge is 0.210 e. The highest BCUT2D eigenvalue weighted by molar-refractivity contribution is 9.11. The molecule has 15 heavy (non-hydrogen) atoms. The van der Waals surface area contributed by atoms with Crippen LogP contribution in [0.3, 0.4) is 0 Å². The second-order valence-electron chi connectivity index (χ2n) is 2.82. The van der Waals surface area contributed by atoms with Crippen molar-refractivity contribution in [2.75, 3.05) is 25.3 Å². The standard InChI is InChI=1S/C8H13BrN4OS/c1-6(9)5-15-8-12-11-7(13(8)10)3-4-14-2/h1,3-5,10H2,2H3. The van der Waals surface area contributed by atoms with Gasteiger partial charge in [-0.15, -0.1) is 10.2 Å². The second kappa shape index (κ2) is 6.14. The van der Waals surface area contributed by atoms with Crippen LogP contribution in [-0.4, -0.2) is 34.3 Å². The maximum absolute atomic E-state index is 5.80. The topological polar surface area (TPSA) is 66.0 Å². The molecule has 0 saturated carbocycles. The van der Waals surface area contributed by atoms with Crippen LogP contribution in [0.5, 0.6) is 0 Å². The molecule has 0 aromatic carbocycles. The Morgan fingerprint density at radius 1 is 1.67 bits per heavy atom. The molecule has 0 aliphatic heterocycles. The lowest BCUT2D eigenvalue weighted by Crippen LogP contribution is -2.15. The van der Waals surface area contributed by atoms with E-state index in [4.69, 9.17) is 10.6 Å². The van der Waals surface area contributed by atoms with E-state index in [9.17, 15) is 0 Å². The summed E-state index contributed by atoms with van der Waals surface area (Å²) in [6.07, 6.45) is 0.663. The third kappa shape index (κ3) is 3.84. The number of halogens is 1. The summed E-state index contributed by atoms with van der Waals surface area (Å²) in [7, 11) is 1.64. The molecule has 1 aromatic rings. The Morgan fingerprint density at radius 2 is 2.40 bits per heavy atom. The lowest BCUT2D eigenvalue weighted by molar-refractivity contribution is 0.200. The van der Waals surface area contributed by atoms with Gasteiger partial charge in [0.2, 0.25) is 5.16 Å². The predicted molar refractivity (Wildman–Crippen MR) is 64.5 cm³/mol. The van der Waals surface area contributed by atoms with E-state index in [0.29, 0.717) is 18.2 Å². The molecular weight excluding hydrogens is 280 g/mol. The summed E-state index contributed by atoms with van der Waals surface area (Å²) in [5, 5.41) is 8.63. The molecule has 0 atom stereocenters. The molecular formula is C8H13BrN4OS. The first-order valence-corrected chi connectivity index (χ1v) is 6.07. The maximum Gasteiger partial charge on any atom is 0.210 e. The first-order valence-electron chi connectivity index (χ1n) is 4.29. The minimum Gasteiger partial charge on any atom is -0.384 e. The molecule has 5 nitrogen and oxygen atoms in total. The van der Waals surface area contributed by atoms with Gasteiger partial charge in [0.25, 0.3) is 0 Å². The number of ether oxygens (including phenoxy) is 1. The average molecular weight is 293 g/mol. The summed E-state index contributed by atoms with van der Waals surface area (Å²) in [5.41, 5.74) is 0. The van der Waals surface area contributed by atoms with Crippen molar-refractivity contribution >= 4 is 27.7 Å². The number of aromatic nitrogens is 3. The zero-order valence-electron chi connectivity index (χ0n) is 8.44. The summed E-state index contributed by atoms with van der Waals surface area (Å²) < 4.78 is 7.33. The lowest BCUT2D eigenvalue weighted by atomic mass is 10.4. The minimum absolute atomic E-state index is 0.588. The summed E-state index contributed by atoms with van der Waals surface area (Å²) >= 11 is 4.76. The van der Waals surface area contributed by atoms with Crippen molar-refractivity contribution in [3.05, 3.63) is 16.9 Å². The fraction of sp³-hybridized carbons (Fsp3) is 0.500. The van der Waals surface area contributed by atoms with Crippen molar-refractivity contribution in [2.24, 2.45) is 0 Å². The van der Waals surface area contributed by atoms with Crippen LogP contribution < -0.4 is 5.84 Å². The molecule has 7 heteroatoms. The molecule has 0 spiro atoms. The van der Waals surface area contributed by atoms with Crippen LogP contribution in [0.1, 0.15) is 5.82 Å². The third-order valence-corrected chi connectivity index (χ3v) is 3.30. The van der Waals surface area contributed by atoms with E-state index in [-0.39, 0.29) is 0 Å². The highest BCUT2D eigenvalue weighted by Crippen LogP contribution is 2.19. The lowest BCUT2D eigenvalue weighted by Gasteiger charge is -2.02. The molecule has 2 N–H and O–H groups in total. The molecule has 0 saturated heterocycles. The Bertz CT molecular complexity index is 341. The van der Waals surface area contributed by atoms with Crippen molar-refractivity contribution in [1.29, 1.82) is 0 Å². The van der Waals surface area contributed by atoms with Crippen LogP contribution in [-0.2, 0) is 11.2 Å². The number of hydrogen-bond donors (Lipinski definition) is 1. The average Bonchev–Trinajstić information content (AvgIpc) is 2.54. The predicted octanol–water partition coefficient (Wildman–Crippen LogP) is 1.18. The number of methoxy groups -OCH3 is 1. The summed E-state index contributed by atoms with van der Waals surface area (Å²) in [6, 6.07) is 0. The van der Waals surface area contributed by atoms with Crippen LogP contribution in [0.4, 0.5) is 0 Å². The van der Waals surface area contributed by atoms with Crippen molar-refractivity contribution < 1.29 is 4.74 Å². The van der Waals surface area contributed by atoms with E-state index in [1.807, 2.05) is 0 Å². The van der Waals surface area contributed by atoms with E-state index in [1.54, 1.807) is 7.11 Å². The van der Waals surface area contributed by atoms with Gasteiger partial charge >= 0.3 is 0 Å². The third-order valence-electron chi connectivity index (χ3n) is 1.62. The molecule has 1 heterocycles. The van der Waals surface area contributed by atoms with Gasteiger partial charge < -0.3 is 10.6 Å². The summed E-state index contributed by atoms with van der Waals surface area (Å²) in [6.45, 7) is 4.32. The molecule has 0 unspecified atom stereocenters. The van der Waals surface area contributed by atoms with Gasteiger partial charge in [0.05, 0.1) is 6.61 Å². The Kier molecular flexibility index (Phi) is 5.13. The Hall–Kier alpha value is -0.530. The highest BCUT2D eigenvalue weighted by Gasteiger charge is 2.09. The van der Waals surface area contributed by atoms with Gasteiger partial charge in [-0.1, -0.05) is 34.3 Å². The van der Waals surface area contributed by atoms with Crippen molar-refractivity contribution in [3.63, 3.8) is 0 Å². The van der Waals surface area contributed by atoms with Gasteiger partial charge in [0, 0.05) is 19.3 Å². The zero-order valence-corrected chi connectivity index (χ0v) is 10.8. The van der Waals surface area contributed by atoms with Gasteiger partial charge in [0.1, 0.15) is 0 Å². The fourth-order valence-electron chi connectivity index (χ4n) is 0.912. The molecule has 0 radical (unpaired) electrons. The van der Waals surface area contributed by atoms with E-state index in [0.717, 1.165) is 16.1 Å². The molecule has 0 bridgehead atoms. The molecule has 1 rings (SSSR count). The SMILES string of the molecule is C=C(Br)CSc1nnc(CCOC)n1N. The van der Waals surface area contributed by atoms with Crippen LogP contribution in [0.25, 0.3) is 0 Å². The van der Waals surface area contributed by atoms with Gasteiger partial charge in [-0.3, -0.25) is 0 Å². The molecule has 0 aliphatic rings. The van der Waals surface area contributed by atoms with Crippen molar-refractivity contribution in [3.8, 4) is 0 Å². The molecule has 0 fully saturated rings. The number of rotatable bonds is 6. The van der Waals surface area contributed by atoms with Crippen LogP contribution >= 0.6 is 27.7 Å². The van der Waals surface area contributed by atoms with Gasteiger partial charge in [0.15, 0.2) is 5.82 Å². The number of nitrogens with two attached hydrogens (primary N) is 1. The van der Waals surface area contributed by atoms with E-state index >= 15 is 0 Å². The number of hydrogen-bond acceptors (Lipinski definition) is 5. The number of thioether (sulfide) groups is 1. The monoisotopic (exact) mass is 292 g/mol.